The molecule has 0 aliphatic carbocycles. The number of aromatic hydroxyl groups is 1. The predicted molar refractivity (Wildman–Crippen MR) is 75.0 cm³/mol. The molecule has 0 atom stereocenters. The molecule has 0 spiro atoms. The van der Waals surface area contributed by atoms with Crippen LogP contribution in [0, 0.1) is 20.8 Å². The second kappa shape index (κ2) is 5.50. The Morgan fingerprint density at radius 1 is 1.17 bits per heavy atom. The summed E-state index contributed by atoms with van der Waals surface area (Å²) < 4.78 is 0. The van der Waals surface area contributed by atoms with E-state index in [0.717, 1.165) is 29.2 Å². The van der Waals surface area contributed by atoms with Crippen molar-refractivity contribution in [1.82, 2.24) is 10.3 Å². The Labute approximate surface area is 112 Å². The van der Waals surface area contributed by atoms with Crippen molar-refractivity contribution in [3.63, 3.8) is 0 Å². The maximum Gasteiger partial charge on any atom is 0.121 e. The van der Waals surface area contributed by atoms with Crippen molar-refractivity contribution in [3.05, 3.63) is 44.9 Å². The average Bonchev–Trinajstić information content (AvgIpc) is 2.72. The molecule has 2 N–H and O–H groups in total. The molecule has 0 unspecified atom stereocenters. The number of thiazole rings is 1. The van der Waals surface area contributed by atoms with Crippen LogP contribution in [-0.2, 0) is 13.1 Å². The van der Waals surface area contributed by atoms with E-state index in [0.29, 0.717) is 5.75 Å². The van der Waals surface area contributed by atoms with Gasteiger partial charge in [0, 0.05) is 24.2 Å². The highest BCUT2D eigenvalue weighted by atomic mass is 32.1. The van der Waals surface area contributed by atoms with Crippen molar-refractivity contribution in [2.75, 3.05) is 0 Å². The topological polar surface area (TPSA) is 45.2 Å². The van der Waals surface area contributed by atoms with Crippen LogP contribution in [0.5, 0.6) is 5.75 Å². The van der Waals surface area contributed by atoms with E-state index in [9.17, 15) is 5.11 Å². The van der Waals surface area contributed by atoms with Gasteiger partial charge in [-0.05, 0) is 37.5 Å². The maximum absolute atomic E-state index is 9.71. The van der Waals surface area contributed by atoms with E-state index in [2.05, 4.69) is 17.2 Å². The lowest BCUT2D eigenvalue weighted by Crippen LogP contribution is -2.12. The summed E-state index contributed by atoms with van der Waals surface area (Å²) in [7, 11) is 0. The van der Waals surface area contributed by atoms with Gasteiger partial charge in [-0.25, -0.2) is 4.98 Å². The lowest BCUT2D eigenvalue weighted by molar-refractivity contribution is 0.466. The molecule has 1 heterocycles. The molecule has 0 bridgehead atoms. The summed E-state index contributed by atoms with van der Waals surface area (Å²) >= 11 is 1.72. The molecule has 18 heavy (non-hydrogen) atoms. The number of phenolic OH excluding ortho intramolecular Hbond substituents is 1. The Kier molecular flexibility index (Phi) is 3.99. The number of hydrogen-bond donors (Lipinski definition) is 2. The minimum atomic E-state index is 0.397. The molecular formula is C14H18N2OS. The van der Waals surface area contributed by atoms with E-state index < -0.39 is 0 Å². The van der Waals surface area contributed by atoms with Gasteiger partial charge in [0.1, 0.15) is 10.8 Å². The zero-order chi connectivity index (χ0) is 13.1. The minimum absolute atomic E-state index is 0.397. The third kappa shape index (κ3) is 3.09. The van der Waals surface area contributed by atoms with Crippen molar-refractivity contribution in [1.29, 1.82) is 0 Å². The van der Waals surface area contributed by atoms with E-state index in [-0.39, 0.29) is 0 Å². The fraction of sp³-hybridized carbons (Fsp3) is 0.357. The van der Waals surface area contributed by atoms with E-state index >= 15 is 0 Å². The number of phenols is 1. The summed E-state index contributed by atoms with van der Waals surface area (Å²) in [5, 5.41) is 14.2. The molecule has 1 aromatic carbocycles. The molecular weight excluding hydrogens is 244 g/mol. The predicted octanol–water partition coefficient (Wildman–Crippen LogP) is 3.06. The molecule has 2 aromatic rings. The van der Waals surface area contributed by atoms with E-state index in [4.69, 9.17) is 0 Å². The van der Waals surface area contributed by atoms with Crippen molar-refractivity contribution in [2.24, 2.45) is 0 Å². The van der Waals surface area contributed by atoms with E-state index in [1.54, 1.807) is 11.3 Å². The molecule has 0 aliphatic heterocycles. The number of nitrogens with zero attached hydrogens (tertiary/aromatic N) is 1. The fourth-order valence-corrected chi connectivity index (χ4v) is 2.70. The van der Waals surface area contributed by atoms with Gasteiger partial charge in [0.05, 0.1) is 0 Å². The molecule has 96 valence electrons. The highest BCUT2D eigenvalue weighted by Crippen LogP contribution is 2.22. The van der Waals surface area contributed by atoms with Gasteiger partial charge >= 0.3 is 0 Å². The number of rotatable bonds is 4. The van der Waals surface area contributed by atoms with Gasteiger partial charge in [-0.1, -0.05) is 12.1 Å². The number of nitrogens with one attached hydrogen (secondary N) is 1. The molecule has 0 amide bonds. The van der Waals surface area contributed by atoms with E-state index in [1.165, 1.54) is 10.4 Å². The third-order valence-electron chi connectivity index (χ3n) is 2.83. The molecule has 2 rings (SSSR count). The largest absolute Gasteiger partial charge is 0.507 e. The van der Waals surface area contributed by atoms with Crippen LogP contribution in [0.25, 0.3) is 0 Å². The fourth-order valence-electron chi connectivity index (χ4n) is 1.94. The quantitative estimate of drug-likeness (QED) is 0.890. The number of benzene rings is 1. The van der Waals surface area contributed by atoms with Crippen molar-refractivity contribution < 1.29 is 5.11 Å². The van der Waals surface area contributed by atoms with E-state index in [1.807, 2.05) is 32.2 Å². The first-order valence-electron chi connectivity index (χ1n) is 5.97. The Morgan fingerprint density at radius 3 is 2.39 bits per heavy atom. The Morgan fingerprint density at radius 2 is 1.83 bits per heavy atom. The normalized spacial score (nSPS) is 10.8. The molecule has 1 aromatic heterocycles. The van der Waals surface area contributed by atoms with Crippen LogP contribution in [0.4, 0.5) is 0 Å². The molecule has 0 saturated carbocycles. The third-order valence-corrected chi connectivity index (χ3v) is 3.74. The van der Waals surface area contributed by atoms with Crippen molar-refractivity contribution in [3.8, 4) is 5.75 Å². The molecule has 0 saturated heterocycles. The maximum atomic E-state index is 9.71. The van der Waals surface area contributed by atoms with Crippen LogP contribution in [0.3, 0.4) is 0 Å². The van der Waals surface area contributed by atoms with Gasteiger partial charge in [0.25, 0.3) is 0 Å². The first-order chi connectivity index (χ1) is 8.56. The molecule has 3 nitrogen and oxygen atoms in total. The first kappa shape index (κ1) is 13.1. The van der Waals surface area contributed by atoms with Gasteiger partial charge in [-0.15, -0.1) is 11.3 Å². The monoisotopic (exact) mass is 262 g/mol. The summed E-state index contributed by atoms with van der Waals surface area (Å²) in [5.41, 5.74) is 3.05. The standard InChI is InChI=1S/C14H18N2OS/c1-9-4-12(5-10(2)14(9)17)7-15-8-13-16-6-11(3)18-13/h4-6,15,17H,7-8H2,1-3H3. The molecule has 0 radical (unpaired) electrons. The zero-order valence-electron chi connectivity index (χ0n) is 10.9. The Balaban J connectivity index is 1.94. The van der Waals surface area contributed by atoms with Crippen LogP contribution in [0.1, 0.15) is 26.6 Å². The van der Waals surface area contributed by atoms with Crippen molar-refractivity contribution in [2.45, 2.75) is 33.9 Å². The summed E-state index contributed by atoms with van der Waals surface area (Å²) in [5.74, 6) is 0.397. The van der Waals surface area contributed by atoms with Crippen LogP contribution < -0.4 is 5.32 Å². The van der Waals surface area contributed by atoms with Crippen LogP contribution >= 0.6 is 11.3 Å². The van der Waals surface area contributed by atoms with Crippen LogP contribution in [-0.4, -0.2) is 10.1 Å². The minimum Gasteiger partial charge on any atom is -0.507 e. The van der Waals surface area contributed by atoms with Gasteiger partial charge in [0.2, 0.25) is 0 Å². The zero-order valence-corrected chi connectivity index (χ0v) is 11.8. The molecule has 0 aliphatic rings. The summed E-state index contributed by atoms with van der Waals surface area (Å²) in [4.78, 5) is 5.55. The second-order valence-corrected chi connectivity index (χ2v) is 5.87. The highest BCUT2D eigenvalue weighted by Gasteiger charge is 2.04. The molecule has 0 fully saturated rings. The highest BCUT2D eigenvalue weighted by molar-refractivity contribution is 7.11. The second-order valence-electron chi connectivity index (χ2n) is 4.55. The lowest BCUT2D eigenvalue weighted by atomic mass is 10.1. The van der Waals surface area contributed by atoms with Crippen LogP contribution in [0.2, 0.25) is 0 Å². The van der Waals surface area contributed by atoms with Crippen molar-refractivity contribution >= 4 is 11.3 Å². The number of aromatic nitrogens is 1. The van der Waals surface area contributed by atoms with Gasteiger partial charge in [-0.2, -0.15) is 0 Å². The Hall–Kier alpha value is -1.39. The average molecular weight is 262 g/mol. The summed E-state index contributed by atoms with van der Waals surface area (Å²) in [6, 6.07) is 4.03. The SMILES string of the molecule is Cc1cnc(CNCc2cc(C)c(O)c(C)c2)s1. The number of hydrogen-bond acceptors (Lipinski definition) is 4. The van der Waals surface area contributed by atoms with Gasteiger partial charge in [0.15, 0.2) is 0 Å². The molecule has 4 heteroatoms. The first-order valence-corrected chi connectivity index (χ1v) is 6.79. The smallest absolute Gasteiger partial charge is 0.121 e. The van der Waals surface area contributed by atoms with Gasteiger partial charge < -0.3 is 10.4 Å². The Bertz CT molecular complexity index is 525. The van der Waals surface area contributed by atoms with Crippen LogP contribution in [0.15, 0.2) is 18.3 Å². The number of aryl methyl sites for hydroxylation is 3. The van der Waals surface area contributed by atoms with Gasteiger partial charge in [-0.3, -0.25) is 0 Å². The summed E-state index contributed by atoms with van der Waals surface area (Å²) in [6.07, 6.45) is 1.90. The summed E-state index contributed by atoms with van der Waals surface area (Å²) in [6.45, 7) is 7.50. The lowest BCUT2D eigenvalue weighted by Gasteiger charge is -2.08.